The molecule has 1 aromatic heterocycles. The van der Waals surface area contributed by atoms with E-state index in [1.54, 1.807) is 25.1 Å². The SMILES string of the molecule is Cc1cc(F)cc(-c2nnc3cc(Cl)c(-c4cc(F)cc(C(N)=O)c4)cc3c2N2CCC(N)C(F)C2)c1. The van der Waals surface area contributed by atoms with Gasteiger partial charge in [0.1, 0.15) is 23.5 Å². The smallest absolute Gasteiger partial charge is 0.248 e. The van der Waals surface area contributed by atoms with Crippen molar-refractivity contribution in [1.82, 2.24) is 10.2 Å². The first kappa shape index (κ1) is 25.0. The number of nitrogens with two attached hydrogens (primary N) is 2. The molecule has 0 saturated carbocycles. The lowest BCUT2D eigenvalue weighted by atomic mass is 9.96. The van der Waals surface area contributed by atoms with Gasteiger partial charge in [0.25, 0.3) is 0 Å². The van der Waals surface area contributed by atoms with E-state index < -0.39 is 29.8 Å². The van der Waals surface area contributed by atoms with Crippen LogP contribution in [0, 0.1) is 18.6 Å². The van der Waals surface area contributed by atoms with E-state index in [-0.39, 0.29) is 17.1 Å². The number of halogens is 4. The molecule has 0 radical (unpaired) electrons. The second-order valence-electron chi connectivity index (χ2n) is 9.27. The molecule has 1 saturated heterocycles. The largest absolute Gasteiger partial charge is 0.366 e. The van der Waals surface area contributed by atoms with Crippen LogP contribution in [0.1, 0.15) is 22.3 Å². The Kier molecular flexibility index (Phi) is 6.51. The fourth-order valence-corrected chi connectivity index (χ4v) is 5.00. The fourth-order valence-electron chi connectivity index (χ4n) is 4.74. The van der Waals surface area contributed by atoms with Gasteiger partial charge in [-0.3, -0.25) is 4.79 Å². The first-order valence-electron chi connectivity index (χ1n) is 11.6. The number of benzene rings is 3. The molecule has 0 spiro atoms. The Balaban J connectivity index is 1.79. The van der Waals surface area contributed by atoms with Crippen LogP contribution in [0.15, 0.2) is 48.5 Å². The summed E-state index contributed by atoms with van der Waals surface area (Å²) in [5.74, 6) is -1.88. The summed E-state index contributed by atoms with van der Waals surface area (Å²) >= 11 is 6.55. The lowest BCUT2D eigenvalue weighted by molar-refractivity contribution is 0.1000. The maximum absolute atomic E-state index is 14.8. The number of aromatic nitrogens is 2. The second kappa shape index (κ2) is 9.64. The van der Waals surface area contributed by atoms with E-state index in [1.165, 1.54) is 24.3 Å². The Morgan fingerprint density at radius 1 is 1.03 bits per heavy atom. The number of amides is 1. The van der Waals surface area contributed by atoms with Crippen LogP contribution in [-0.4, -0.2) is 41.4 Å². The number of hydrogen-bond acceptors (Lipinski definition) is 5. The zero-order valence-corrected chi connectivity index (χ0v) is 20.6. The van der Waals surface area contributed by atoms with Crippen LogP contribution >= 0.6 is 11.6 Å². The quantitative estimate of drug-likeness (QED) is 0.382. The standard InChI is InChI=1S/C27H23ClF3N5O/c1-13-4-15(8-17(29)5-13)25-26(36-3-2-23(32)22(31)12-36)20-10-19(21(28)11-24(20)34-35-25)14-6-16(27(33)37)9-18(30)7-14/h4-11,22-23H,2-3,12,32H2,1H3,(H2,33,37). The van der Waals surface area contributed by atoms with Crippen molar-refractivity contribution < 1.29 is 18.0 Å². The highest BCUT2D eigenvalue weighted by molar-refractivity contribution is 6.34. The normalized spacial score (nSPS) is 17.8. The summed E-state index contributed by atoms with van der Waals surface area (Å²) < 4.78 is 43.5. The summed E-state index contributed by atoms with van der Waals surface area (Å²) in [6, 6.07) is 10.9. The summed E-state index contributed by atoms with van der Waals surface area (Å²) in [6.45, 7) is 2.21. The summed E-state index contributed by atoms with van der Waals surface area (Å²) in [5.41, 5.74) is 14.5. The molecule has 10 heteroatoms. The van der Waals surface area contributed by atoms with Gasteiger partial charge in [0.2, 0.25) is 5.91 Å². The number of alkyl halides is 1. The van der Waals surface area contributed by atoms with Crippen LogP contribution in [0.4, 0.5) is 18.9 Å². The molecule has 37 heavy (non-hydrogen) atoms. The molecule has 4 aromatic rings. The van der Waals surface area contributed by atoms with Crippen molar-refractivity contribution in [3.63, 3.8) is 0 Å². The highest BCUT2D eigenvalue weighted by Crippen LogP contribution is 2.41. The van der Waals surface area contributed by atoms with Crippen LogP contribution in [0.3, 0.4) is 0 Å². The summed E-state index contributed by atoms with van der Waals surface area (Å²) in [6.07, 6.45) is -0.883. The maximum atomic E-state index is 14.8. The van der Waals surface area contributed by atoms with Crippen LogP contribution in [0.5, 0.6) is 0 Å². The van der Waals surface area contributed by atoms with Crippen LogP contribution in [0.25, 0.3) is 33.3 Å². The average molecular weight is 526 g/mol. The van der Waals surface area contributed by atoms with E-state index in [4.69, 9.17) is 23.1 Å². The van der Waals surface area contributed by atoms with Gasteiger partial charge in [-0.05, 0) is 73.0 Å². The molecule has 2 atom stereocenters. The molecule has 5 rings (SSSR count). The van der Waals surface area contributed by atoms with Crippen molar-refractivity contribution in [2.75, 3.05) is 18.0 Å². The van der Waals surface area contributed by atoms with Crippen molar-refractivity contribution in [3.8, 4) is 22.4 Å². The first-order valence-corrected chi connectivity index (χ1v) is 12.0. The van der Waals surface area contributed by atoms with Gasteiger partial charge in [-0.2, -0.15) is 0 Å². The molecule has 1 aliphatic rings. The molecule has 2 unspecified atom stereocenters. The van der Waals surface area contributed by atoms with Gasteiger partial charge in [0, 0.05) is 34.7 Å². The predicted molar refractivity (Wildman–Crippen MR) is 138 cm³/mol. The van der Waals surface area contributed by atoms with Gasteiger partial charge in [-0.1, -0.05) is 11.6 Å². The molecule has 3 aromatic carbocycles. The first-order chi connectivity index (χ1) is 17.6. The lowest BCUT2D eigenvalue weighted by Crippen LogP contribution is -2.48. The summed E-state index contributed by atoms with van der Waals surface area (Å²) in [7, 11) is 0. The molecule has 4 N–H and O–H groups in total. The molecular weight excluding hydrogens is 503 g/mol. The highest BCUT2D eigenvalue weighted by atomic mass is 35.5. The second-order valence-corrected chi connectivity index (χ2v) is 9.68. The number of carbonyl (C=O) groups excluding carboxylic acids is 1. The molecule has 0 bridgehead atoms. The number of aryl methyl sites for hydroxylation is 1. The van der Waals surface area contributed by atoms with Crippen LogP contribution in [0.2, 0.25) is 5.02 Å². The molecule has 190 valence electrons. The minimum Gasteiger partial charge on any atom is -0.366 e. The van der Waals surface area contributed by atoms with Crippen molar-refractivity contribution in [1.29, 1.82) is 0 Å². The molecule has 0 aliphatic carbocycles. The topological polar surface area (TPSA) is 98.1 Å². The number of nitrogens with zero attached hydrogens (tertiary/aromatic N) is 3. The molecule has 6 nitrogen and oxygen atoms in total. The van der Waals surface area contributed by atoms with E-state index in [1.807, 2.05) is 4.90 Å². The van der Waals surface area contributed by atoms with E-state index in [9.17, 15) is 18.0 Å². The number of hydrogen-bond donors (Lipinski definition) is 2. The Labute approximate surface area is 216 Å². The number of anilines is 1. The number of primary amides is 1. The van der Waals surface area contributed by atoms with Gasteiger partial charge < -0.3 is 16.4 Å². The third kappa shape index (κ3) is 4.84. The monoisotopic (exact) mass is 525 g/mol. The molecule has 1 aliphatic heterocycles. The van der Waals surface area contributed by atoms with E-state index in [0.29, 0.717) is 57.5 Å². The van der Waals surface area contributed by atoms with Crippen molar-refractivity contribution in [3.05, 3.63) is 76.3 Å². The zero-order valence-electron chi connectivity index (χ0n) is 19.8. The summed E-state index contributed by atoms with van der Waals surface area (Å²) in [5, 5.41) is 9.49. The predicted octanol–water partition coefficient (Wildman–Crippen LogP) is 5.18. The Morgan fingerprint density at radius 2 is 1.76 bits per heavy atom. The van der Waals surface area contributed by atoms with Gasteiger partial charge in [-0.25, -0.2) is 13.2 Å². The lowest BCUT2D eigenvalue weighted by Gasteiger charge is -2.36. The van der Waals surface area contributed by atoms with E-state index >= 15 is 0 Å². The Bertz CT molecular complexity index is 1530. The number of rotatable bonds is 4. The van der Waals surface area contributed by atoms with E-state index in [2.05, 4.69) is 10.2 Å². The molecule has 1 amide bonds. The maximum Gasteiger partial charge on any atom is 0.248 e. The third-order valence-electron chi connectivity index (χ3n) is 6.54. The Morgan fingerprint density at radius 3 is 2.46 bits per heavy atom. The van der Waals surface area contributed by atoms with E-state index in [0.717, 1.165) is 6.07 Å². The van der Waals surface area contributed by atoms with Gasteiger partial charge in [0.05, 0.1) is 22.8 Å². The number of fused-ring (bicyclic) bond motifs is 1. The van der Waals surface area contributed by atoms with Crippen LogP contribution in [-0.2, 0) is 0 Å². The number of piperidine rings is 1. The Hall–Kier alpha value is -3.69. The molecule has 1 fully saturated rings. The minimum absolute atomic E-state index is 0.00695. The number of carbonyl (C=O) groups is 1. The molecule has 2 heterocycles. The van der Waals surface area contributed by atoms with Gasteiger partial charge in [-0.15, -0.1) is 10.2 Å². The minimum atomic E-state index is -1.29. The third-order valence-corrected chi connectivity index (χ3v) is 6.85. The van der Waals surface area contributed by atoms with Gasteiger partial charge >= 0.3 is 0 Å². The van der Waals surface area contributed by atoms with Crippen molar-refractivity contribution in [2.24, 2.45) is 11.5 Å². The highest BCUT2D eigenvalue weighted by Gasteiger charge is 2.30. The zero-order chi connectivity index (χ0) is 26.4. The average Bonchev–Trinajstić information content (AvgIpc) is 2.83. The fraction of sp³-hybridized carbons (Fsp3) is 0.222. The summed E-state index contributed by atoms with van der Waals surface area (Å²) in [4.78, 5) is 13.5. The van der Waals surface area contributed by atoms with Crippen molar-refractivity contribution in [2.45, 2.75) is 25.6 Å². The van der Waals surface area contributed by atoms with Crippen molar-refractivity contribution >= 4 is 34.1 Å². The van der Waals surface area contributed by atoms with Crippen LogP contribution < -0.4 is 16.4 Å². The van der Waals surface area contributed by atoms with Gasteiger partial charge in [0.15, 0.2) is 0 Å². The molecular formula is C27H23ClF3N5O.